The van der Waals surface area contributed by atoms with Gasteiger partial charge in [-0.2, -0.15) is 0 Å². The van der Waals surface area contributed by atoms with Gasteiger partial charge in [0.15, 0.2) is 17.5 Å². The highest BCUT2D eigenvalue weighted by Crippen LogP contribution is 2.19. The fraction of sp³-hybridized carbons (Fsp3) is 0.250. The van der Waals surface area contributed by atoms with E-state index in [-0.39, 0.29) is 17.7 Å². The summed E-state index contributed by atoms with van der Waals surface area (Å²) in [6, 6.07) is 11.1. The number of hydrogen-bond donors (Lipinski definition) is 1. The second kappa shape index (κ2) is 8.36. The van der Waals surface area contributed by atoms with Crippen molar-refractivity contribution < 1.29 is 14.3 Å². The van der Waals surface area contributed by atoms with Gasteiger partial charge in [0.25, 0.3) is 5.91 Å². The molecule has 22 heavy (non-hydrogen) atoms. The Morgan fingerprint density at radius 1 is 1.23 bits per heavy atom. The van der Waals surface area contributed by atoms with Gasteiger partial charge in [-0.05, 0) is 23.3 Å². The zero-order chi connectivity index (χ0) is 15.8. The summed E-state index contributed by atoms with van der Waals surface area (Å²) < 4.78 is 10.5. The number of pyridine rings is 1. The van der Waals surface area contributed by atoms with Crippen LogP contribution in [0, 0.1) is 0 Å². The van der Waals surface area contributed by atoms with Crippen LogP contribution in [0.5, 0.6) is 5.75 Å². The van der Waals surface area contributed by atoms with Crippen LogP contribution in [-0.2, 0) is 22.7 Å². The second-order valence-corrected chi connectivity index (χ2v) is 4.92. The first-order valence-corrected chi connectivity index (χ1v) is 7.14. The lowest BCUT2D eigenvalue weighted by Gasteiger charge is -2.11. The van der Waals surface area contributed by atoms with E-state index in [0.29, 0.717) is 18.9 Å². The number of ether oxygens (including phenoxy) is 2. The Morgan fingerprint density at radius 2 is 2.00 bits per heavy atom. The van der Waals surface area contributed by atoms with Gasteiger partial charge in [0, 0.05) is 19.9 Å². The molecule has 6 heteroatoms. The number of carbonyl (C=O) groups excluding carboxylic acids is 1. The molecule has 0 aliphatic rings. The van der Waals surface area contributed by atoms with E-state index < -0.39 is 0 Å². The molecule has 0 aliphatic carbocycles. The highest BCUT2D eigenvalue weighted by molar-refractivity contribution is 6.30. The number of methoxy groups -OCH3 is 1. The molecule has 0 spiro atoms. The minimum Gasteiger partial charge on any atom is -0.481 e. The van der Waals surface area contributed by atoms with Crippen LogP contribution < -0.4 is 10.1 Å². The molecular weight excluding hydrogens is 304 g/mol. The van der Waals surface area contributed by atoms with Crippen LogP contribution in [0.1, 0.15) is 11.1 Å². The van der Waals surface area contributed by atoms with Crippen LogP contribution in [-0.4, -0.2) is 24.6 Å². The number of amides is 1. The van der Waals surface area contributed by atoms with Gasteiger partial charge >= 0.3 is 0 Å². The predicted octanol–water partition coefficient (Wildman–Crippen LogP) is 2.58. The average Bonchev–Trinajstić information content (AvgIpc) is 2.53. The van der Waals surface area contributed by atoms with Crippen molar-refractivity contribution in [2.24, 2.45) is 0 Å². The maximum absolute atomic E-state index is 11.8. The van der Waals surface area contributed by atoms with Crippen molar-refractivity contribution in [3.8, 4) is 5.75 Å². The molecule has 0 aliphatic heterocycles. The van der Waals surface area contributed by atoms with Crippen LogP contribution >= 0.6 is 11.6 Å². The Labute approximate surface area is 134 Å². The topological polar surface area (TPSA) is 60.5 Å². The number of benzene rings is 1. The molecule has 0 saturated carbocycles. The number of nitrogens with one attached hydrogen (secondary N) is 1. The highest BCUT2D eigenvalue weighted by atomic mass is 35.5. The van der Waals surface area contributed by atoms with Crippen molar-refractivity contribution in [2.75, 3.05) is 13.7 Å². The van der Waals surface area contributed by atoms with E-state index in [9.17, 15) is 4.79 Å². The summed E-state index contributed by atoms with van der Waals surface area (Å²) in [5, 5.41) is 3.04. The smallest absolute Gasteiger partial charge is 0.258 e. The molecule has 1 N–H and O–H groups in total. The minimum absolute atomic E-state index is 0.113. The normalized spacial score (nSPS) is 10.3. The van der Waals surface area contributed by atoms with E-state index in [0.717, 1.165) is 11.1 Å². The average molecular weight is 321 g/mol. The van der Waals surface area contributed by atoms with E-state index in [1.807, 2.05) is 24.3 Å². The first-order valence-electron chi connectivity index (χ1n) is 6.76. The molecule has 2 aromatic rings. The molecule has 5 nitrogen and oxygen atoms in total. The number of nitrogens with zero attached hydrogens (tertiary/aromatic N) is 1. The summed E-state index contributed by atoms with van der Waals surface area (Å²) in [6.45, 7) is 0.814. The van der Waals surface area contributed by atoms with E-state index in [4.69, 9.17) is 21.1 Å². The third-order valence-electron chi connectivity index (χ3n) is 2.98. The molecule has 0 radical (unpaired) electrons. The zero-order valence-electron chi connectivity index (χ0n) is 12.2. The van der Waals surface area contributed by atoms with Gasteiger partial charge in [-0.1, -0.05) is 35.9 Å². The van der Waals surface area contributed by atoms with Crippen LogP contribution in [0.4, 0.5) is 0 Å². The highest BCUT2D eigenvalue weighted by Gasteiger charge is 2.07. The van der Waals surface area contributed by atoms with Crippen molar-refractivity contribution in [3.05, 3.63) is 58.9 Å². The third kappa shape index (κ3) is 4.72. The Hall–Kier alpha value is -2.11. The van der Waals surface area contributed by atoms with Crippen LogP contribution in [0.15, 0.2) is 42.6 Å². The summed E-state index contributed by atoms with van der Waals surface area (Å²) in [6.07, 6.45) is 1.56. The fourth-order valence-electron chi connectivity index (χ4n) is 1.89. The van der Waals surface area contributed by atoms with Gasteiger partial charge in [0.2, 0.25) is 0 Å². The predicted molar refractivity (Wildman–Crippen MR) is 83.7 cm³/mol. The lowest BCUT2D eigenvalue weighted by atomic mass is 10.1. The van der Waals surface area contributed by atoms with Crippen LogP contribution in [0.2, 0.25) is 5.15 Å². The van der Waals surface area contributed by atoms with Gasteiger partial charge in [0.1, 0.15) is 0 Å². The van der Waals surface area contributed by atoms with Crippen molar-refractivity contribution in [2.45, 2.75) is 13.2 Å². The van der Waals surface area contributed by atoms with E-state index in [1.54, 1.807) is 25.4 Å². The first kappa shape index (κ1) is 16.3. The van der Waals surface area contributed by atoms with Crippen LogP contribution in [0.3, 0.4) is 0 Å². The molecule has 0 fully saturated rings. The number of halogens is 1. The first-order chi connectivity index (χ1) is 10.7. The maximum Gasteiger partial charge on any atom is 0.258 e. The lowest BCUT2D eigenvalue weighted by molar-refractivity contribution is -0.123. The van der Waals surface area contributed by atoms with E-state index >= 15 is 0 Å². The maximum atomic E-state index is 11.8. The Bertz CT molecular complexity index is 634. The molecule has 1 aromatic heterocycles. The van der Waals surface area contributed by atoms with Gasteiger partial charge in [-0.25, -0.2) is 4.98 Å². The van der Waals surface area contributed by atoms with Gasteiger partial charge in [0.05, 0.1) is 6.61 Å². The quantitative estimate of drug-likeness (QED) is 0.797. The van der Waals surface area contributed by atoms with Crippen molar-refractivity contribution in [1.82, 2.24) is 10.3 Å². The molecule has 116 valence electrons. The molecule has 1 amide bonds. The molecule has 0 unspecified atom stereocenters. The summed E-state index contributed by atoms with van der Waals surface area (Å²) in [7, 11) is 1.64. The van der Waals surface area contributed by atoms with Gasteiger partial charge in [-0.3, -0.25) is 4.79 Å². The molecule has 1 aromatic carbocycles. The number of aromatic nitrogens is 1. The summed E-state index contributed by atoms with van der Waals surface area (Å²) in [5.41, 5.74) is 2.05. The number of hydrogen-bond acceptors (Lipinski definition) is 4. The molecule has 0 saturated heterocycles. The molecule has 0 bridgehead atoms. The molecule has 0 atom stereocenters. The second-order valence-electron chi connectivity index (χ2n) is 4.56. The van der Waals surface area contributed by atoms with E-state index in [1.165, 1.54) is 0 Å². The molecule has 2 rings (SSSR count). The largest absolute Gasteiger partial charge is 0.481 e. The fourth-order valence-corrected chi connectivity index (χ4v) is 2.07. The van der Waals surface area contributed by atoms with Crippen molar-refractivity contribution >= 4 is 17.5 Å². The SMILES string of the molecule is COCc1ccccc1CNC(=O)COc1cccnc1Cl. The third-order valence-corrected chi connectivity index (χ3v) is 3.26. The van der Waals surface area contributed by atoms with Crippen molar-refractivity contribution in [1.29, 1.82) is 0 Å². The Balaban J connectivity index is 1.84. The van der Waals surface area contributed by atoms with Gasteiger partial charge < -0.3 is 14.8 Å². The zero-order valence-corrected chi connectivity index (χ0v) is 13.0. The van der Waals surface area contributed by atoms with Gasteiger partial charge in [-0.15, -0.1) is 0 Å². The Kier molecular flexibility index (Phi) is 6.18. The number of carbonyl (C=O) groups is 1. The summed E-state index contributed by atoms with van der Waals surface area (Å²) >= 11 is 5.85. The van der Waals surface area contributed by atoms with Crippen molar-refractivity contribution in [3.63, 3.8) is 0 Å². The number of rotatable bonds is 7. The molecular formula is C16H17ClN2O3. The monoisotopic (exact) mass is 320 g/mol. The van der Waals surface area contributed by atoms with E-state index in [2.05, 4.69) is 10.3 Å². The summed E-state index contributed by atoms with van der Waals surface area (Å²) in [5.74, 6) is 0.159. The minimum atomic E-state index is -0.230. The molecule has 1 heterocycles. The van der Waals surface area contributed by atoms with Crippen LogP contribution in [0.25, 0.3) is 0 Å². The standard InChI is InChI=1S/C16H17ClN2O3/c1-21-10-13-6-3-2-5-12(13)9-19-15(20)11-22-14-7-4-8-18-16(14)17/h2-8H,9-11H2,1H3,(H,19,20). The lowest BCUT2D eigenvalue weighted by Crippen LogP contribution is -2.28. The summed E-state index contributed by atoms with van der Waals surface area (Å²) in [4.78, 5) is 15.7. The Morgan fingerprint density at radius 3 is 2.73 bits per heavy atom.